The number of alkyl halides is 2. The first-order valence-electron chi connectivity index (χ1n) is 6.62. The number of cyclic esters (lactones) is 1. The quantitative estimate of drug-likeness (QED) is 0.865. The average molecular weight is 283 g/mol. The fraction of sp³-hybridized carbons (Fsp3) is 0.533. The normalized spacial score (nSPS) is 21.6. The van der Waals surface area contributed by atoms with Crippen LogP contribution in [0.4, 0.5) is 14.5 Å². The van der Waals surface area contributed by atoms with Crippen molar-refractivity contribution in [1.29, 1.82) is 0 Å². The minimum absolute atomic E-state index is 0.0710. The molecule has 0 aliphatic carbocycles. The number of ether oxygens (including phenoxy) is 1. The molecular formula is C15H19F2NO2. The molecule has 1 fully saturated rings. The molecule has 1 heterocycles. The number of carbonyl (C=O) groups excluding carboxylic acids is 1. The number of hydrogen-bond donors (Lipinski definition) is 1. The van der Waals surface area contributed by atoms with Crippen LogP contribution in [-0.4, -0.2) is 24.5 Å². The van der Waals surface area contributed by atoms with Gasteiger partial charge in [0, 0.05) is 5.69 Å². The van der Waals surface area contributed by atoms with E-state index in [2.05, 4.69) is 30.8 Å². The van der Waals surface area contributed by atoms with Crippen LogP contribution in [0, 0.1) is 0 Å². The monoisotopic (exact) mass is 283 g/mol. The lowest BCUT2D eigenvalue weighted by Gasteiger charge is -2.19. The Morgan fingerprint density at radius 1 is 1.30 bits per heavy atom. The van der Waals surface area contributed by atoms with Crippen molar-refractivity contribution in [1.82, 2.24) is 0 Å². The second kappa shape index (κ2) is 5.04. The van der Waals surface area contributed by atoms with Crippen LogP contribution in [0.2, 0.25) is 0 Å². The van der Waals surface area contributed by atoms with Gasteiger partial charge in [-0.2, -0.15) is 8.78 Å². The predicted octanol–water partition coefficient (Wildman–Crippen LogP) is 3.35. The number of hydrogen-bond acceptors (Lipinski definition) is 3. The Morgan fingerprint density at radius 3 is 2.35 bits per heavy atom. The summed E-state index contributed by atoms with van der Waals surface area (Å²) in [5.41, 5.74) is 2.09. The van der Waals surface area contributed by atoms with Crippen LogP contribution in [0.1, 0.15) is 32.8 Å². The molecule has 0 saturated carbocycles. The van der Waals surface area contributed by atoms with Gasteiger partial charge in [-0.25, -0.2) is 4.79 Å². The summed E-state index contributed by atoms with van der Waals surface area (Å²) in [6.45, 7) is 6.55. The molecular weight excluding hydrogens is 264 g/mol. The van der Waals surface area contributed by atoms with Crippen molar-refractivity contribution in [3.05, 3.63) is 29.8 Å². The summed E-state index contributed by atoms with van der Waals surface area (Å²) >= 11 is 0. The first-order valence-corrected chi connectivity index (χ1v) is 6.62. The Balaban J connectivity index is 1.91. The summed E-state index contributed by atoms with van der Waals surface area (Å²) in [5, 5.41) is 3.01. The SMILES string of the molecule is CC(C)(C)c1ccc(NCC2CC(F)(F)C(=O)O2)cc1. The number of anilines is 1. The summed E-state index contributed by atoms with van der Waals surface area (Å²) in [7, 11) is 0. The standard InChI is InChI=1S/C15H19F2NO2/c1-14(2,3)10-4-6-11(7-5-10)18-9-12-8-15(16,17)13(19)20-12/h4-7,12,18H,8-9H2,1-3H3. The van der Waals surface area contributed by atoms with E-state index in [4.69, 9.17) is 0 Å². The predicted molar refractivity (Wildman–Crippen MR) is 73.1 cm³/mol. The van der Waals surface area contributed by atoms with Gasteiger partial charge in [0.15, 0.2) is 0 Å². The summed E-state index contributed by atoms with van der Waals surface area (Å²) in [6, 6.07) is 7.79. The van der Waals surface area contributed by atoms with E-state index in [-0.39, 0.29) is 12.0 Å². The second-order valence-electron chi connectivity index (χ2n) is 6.14. The van der Waals surface area contributed by atoms with Crippen molar-refractivity contribution in [3.8, 4) is 0 Å². The largest absolute Gasteiger partial charge is 0.456 e. The Labute approximate surface area is 117 Å². The number of halogens is 2. The molecule has 0 bridgehead atoms. The summed E-state index contributed by atoms with van der Waals surface area (Å²) in [4.78, 5) is 10.9. The van der Waals surface area contributed by atoms with E-state index in [9.17, 15) is 13.6 Å². The average Bonchev–Trinajstić information content (AvgIpc) is 2.60. The van der Waals surface area contributed by atoms with Crippen molar-refractivity contribution >= 4 is 11.7 Å². The molecule has 0 aromatic heterocycles. The van der Waals surface area contributed by atoms with Gasteiger partial charge in [0.1, 0.15) is 6.10 Å². The van der Waals surface area contributed by atoms with Crippen LogP contribution >= 0.6 is 0 Å². The molecule has 1 atom stereocenters. The molecule has 5 heteroatoms. The fourth-order valence-electron chi connectivity index (χ4n) is 2.08. The molecule has 20 heavy (non-hydrogen) atoms. The number of nitrogens with one attached hydrogen (secondary N) is 1. The van der Waals surface area contributed by atoms with E-state index < -0.39 is 24.4 Å². The molecule has 3 nitrogen and oxygen atoms in total. The van der Waals surface area contributed by atoms with E-state index in [1.807, 2.05) is 24.3 Å². The molecule has 0 radical (unpaired) electrons. The number of carbonyl (C=O) groups is 1. The summed E-state index contributed by atoms with van der Waals surface area (Å²) in [5.74, 6) is -4.77. The van der Waals surface area contributed by atoms with E-state index >= 15 is 0 Å². The highest BCUT2D eigenvalue weighted by Crippen LogP contribution is 2.31. The second-order valence-corrected chi connectivity index (χ2v) is 6.14. The Hall–Kier alpha value is -1.65. The van der Waals surface area contributed by atoms with Gasteiger partial charge < -0.3 is 10.1 Å². The van der Waals surface area contributed by atoms with Gasteiger partial charge in [0.25, 0.3) is 0 Å². The Bertz CT molecular complexity index is 492. The van der Waals surface area contributed by atoms with Gasteiger partial charge in [-0.1, -0.05) is 32.9 Å². The first kappa shape index (κ1) is 14.8. The Morgan fingerprint density at radius 2 is 1.90 bits per heavy atom. The lowest BCUT2D eigenvalue weighted by molar-refractivity contribution is -0.158. The third-order valence-electron chi connectivity index (χ3n) is 3.34. The first-order chi connectivity index (χ1) is 9.18. The van der Waals surface area contributed by atoms with Gasteiger partial charge >= 0.3 is 11.9 Å². The smallest absolute Gasteiger partial charge is 0.377 e. The third-order valence-corrected chi connectivity index (χ3v) is 3.34. The van der Waals surface area contributed by atoms with Gasteiger partial charge in [-0.15, -0.1) is 0 Å². The zero-order valence-electron chi connectivity index (χ0n) is 11.9. The molecule has 1 aliphatic heterocycles. The van der Waals surface area contributed by atoms with Crippen LogP contribution < -0.4 is 5.32 Å². The van der Waals surface area contributed by atoms with Crippen LogP contribution in [0.15, 0.2) is 24.3 Å². The molecule has 0 spiro atoms. The zero-order valence-corrected chi connectivity index (χ0v) is 11.9. The molecule has 1 aromatic rings. The minimum Gasteiger partial charge on any atom is -0.456 e. The fourth-order valence-corrected chi connectivity index (χ4v) is 2.08. The minimum atomic E-state index is -3.34. The lowest BCUT2D eigenvalue weighted by atomic mass is 9.87. The molecule has 110 valence electrons. The van der Waals surface area contributed by atoms with Gasteiger partial charge in [-0.05, 0) is 23.1 Å². The topological polar surface area (TPSA) is 38.3 Å². The van der Waals surface area contributed by atoms with Gasteiger partial charge in [-0.3, -0.25) is 0 Å². The molecule has 1 N–H and O–H groups in total. The maximum absolute atomic E-state index is 13.0. The third kappa shape index (κ3) is 3.26. The van der Waals surface area contributed by atoms with E-state index in [1.54, 1.807) is 0 Å². The number of benzene rings is 1. The highest BCUT2D eigenvalue weighted by molar-refractivity contribution is 5.79. The highest BCUT2D eigenvalue weighted by atomic mass is 19.3. The summed E-state index contributed by atoms with van der Waals surface area (Å²) in [6.07, 6.45) is -1.33. The maximum Gasteiger partial charge on any atom is 0.377 e. The highest BCUT2D eigenvalue weighted by Gasteiger charge is 2.50. The van der Waals surface area contributed by atoms with E-state index in [0.29, 0.717) is 0 Å². The van der Waals surface area contributed by atoms with Crippen molar-refractivity contribution in [2.45, 2.75) is 44.6 Å². The van der Waals surface area contributed by atoms with Gasteiger partial charge in [0.2, 0.25) is 0 Å². The van der Waals surface area contributed by atoms with Gasteiger partial charge in [0.05, 0.1) is 13.0 Å². The Kier molecular flexibility index (Phi) is 3.71. The zero-order chi connectivity index (χ0) is 15.0. The lowest BCUT2D eigenvalue weighted by Crippen LogP contribution is -2.22. The van der Waals surface area contributed by atoms with Crippen molar-refractivity contribution in [2.75, 3.05) is 11.9 Å². The van der Waals surface area contributed by atoms with Crippen molar-refractivity contribution < 1.29 is 18.3 Å². The molecule has 1 saturated heterocycles. The van der Waals surface area contributed by atoms with Crippen LogP contribution in [0.5, 0.6) is 0 Å². The van der Waals surface area contributed by atoms with Crippen molar-refractivity contribution in [3.63, 3.8) is 0 Å². The number of esters is 1. The van der Waals surface area contributed by atoms with E-state index in [1.165, 1.54) is 5.56 Å². The van der Waals surface area contributed by atoms with Crippen molar-refractivity contribution in [2.24, 2.45) is 0 Å². The van der Waals surface area contributed by atoms with E-state index in [0.717, 1.165) is 5.69 Å². The maximum atomic E-state index is 13.0. The summed E-state index contributed by atoms with van der Waals surface area (Å²) < 4.78 is 30.6. The van der Waals surface area contributed by atoms with Crippen LogP contribution in [-0.2, 0) is 14.9 Å². The van der Waals surface area contributed by atoms with Crippen LogP contribution in [0.3, 0.4) is 0 Å². The molecule has 2 rings (SSSR count). The molecule has 1 aliphatic rings. The molecule has 0 amide bonds. The molecule has 1 unspecified atom stereocenters. The molecule has 1 aromatic carbocycles. The van der Waals surface area contributed by atoms with Crippen LogP contribution in [0.25, 0.3) is 0 Å². The number of rotatable bonds is 3.